The number of hydrogen-bond donors (Lipinski definition) is 0. The quantitative estimate of drug-likeness (QED) is 0.695. The van der Waals surface area contributed by atoms with Crippen LogP contribution in [-0.2, 0) is 19.1 Å². The number of Topliss-reactive ketones (excluding diaryl/α,β-unsaturated/α-hetero) is 2. The Labute approximate surface area is 150 Å². The average molecular weight is 373 g/mol. The van der Waals surface area contributed by atoms with E-state index in [-0.39, 0.29) is 21.3 Å². The van der Waals surface area contributed by atoms with Gasteiger partial charge in [-0.25, -0.2) is 0 Å². The van der Waals surface area contributed by atoms with E-state index >= 15 is 0 Å². The van der Waals surface area contributed by atoms with Crippen LogP contribution in [0.5, 0.6) is 0 Å². The maximum atomic E-state index is 12.6. The summed E-state index contributed by atoms with van der Waals surface area (Å²) in [6.45, 7) is 4.71. The summed E-state index contributed by atoms with van der Waals surface area (Å²) >= 11 is 12.4. The van der Waals surface area contributed by atoms with Gasteiger partial charge in [0, 0.05) is 31.8 Å². The first-order valence-electron chi connectivity index (χ1n) is 7.81. The molecule has 8 heteroatoms. The minimum absolute atomic E-state index is 0.0760. The molecule has 2 saturated heterocycles. The van der Waals surface area contributed by atoms with Crippen molar-refractivity contribution in [1.29, 1.82) is 0 Å². The van der Waals surface area contributed by atoms with Gasteiger partial charge < -0.3 is 19.3 Å². The van der Waals surface area contributed by atoms with Gasteiger partial charge in [0.25, 0.3) is 0 Å². The van der Waals surface area contributed by atoms with E-state index in [9.17, 15) is 9.59 Å². The van der Waals surface area contributed by atoms with Gasteiger partial charge in [-0.3, -0.25) is 9.59 Å². The van der Waals surface area contributed by atoms with Crippen molar-refractivity contribution in [3.63, 3.8) is 0 Å². The van der Waals surface area contributed by atoms with E-state index in [0.29, 0.717) is 39.5 Å². The predicted octanol–water partition coefficient (Wildman–Crippen LogP) is 1.26. The third-order valence-electron chi connectivity index (χ3n) is 4.13. The Balaban J connectivity index is 1.82. The Hall–Kier alpha value is -1.34. The number of nitrogens with zero attached hydrogens (tertiary/aromatic N) is 2. The van der Waals surface area contributed by atoms with Crippen LogP contribution in [0.15, 0.2) is 33.6 Å². The monoisotopic (exact) mass is 372 g/mol. The number of allylic oxidation sites excluding steroid dienone is 4. The van der Waals surface area contributed by atoms with Crippen LogP contribution in [0, 0.1) is 0 Å². The fraction of sp³-hybridized carbons (Fsp3) is 0.500. The second-order valence-electron chi connectivity index (χ2n) is 5.61. The molecule has 0 unspecified atom stereocenters. The third kappa shape index (κ3) is 3.52. The number of ether oxygens (including phenoxy) is 2. The highest BCUT2D eigenvalue weighted by Gasteiger charge is 2.35. The van der Waals surface area contributed by atoms with Gasteiger partial charge >= 0.3 is 0 Å². The molecular formula is C16H18Cl2N2O4. The summed E-state index contributed by atoms with van der Waals surface area (Å²) < 4.78 is 10.5. The van der Waals surface area contributed by atoms with Crippen molar-refractivity contribution in [2.75, 3.05) is 52.6 Å². The summed E-state index contributed by atoms with van der Waals surface area (Å²) in [6, 6.07) is 0. The van der Waals surface area contributed by atoms with E-state index in [1.165, 1.54) is 0 Å². The first-order valence-corrected chi connectivity index (χ1v) is 8.57. The van der Waals surface area contributed by atoms with Gasteiger partial charge in [-0.15, -0.1) is 0 Å². The predicted molar refractivity (Wildman–Crippen MR) is 89.7 cm³/mol. The minimum Gasteiger partial charge on any atom is -0.378 e. The molecule has 6 nitrogen and oxygen atoms in total. The molecule has 0 aromatic heterocycles. The average Bonchev–Trinajstić information content (AvgIpc) is 2.62. The van der Waals surface area contributed by atoms with E-state index in [2.05, 4.69) is 0 Å². The van der Waals surface area contributed by atoms with Gasteiger partial charge in [-0.1, -0.05) is 23.2 Å². The van der Waals surface area contributed by atoms with E-state index in [0.717, 1.165) is 13.1 Å². The summed E-state index contributed by atoms with van der Waals surface area (Å²) in [4.78, 5) is 28.9. The molecule has 0 aromatic carbocycles. The first kappa shape index (κ1) is 17.5. The molecule has 3 aliphatic rings. The maximum Gasteiger partial charge on any atom is 0.222 e. The Kier molecular flexibility index (Phi) is 5.61. The normalized spacial score (nSPS) is 23.8. The fourth-order valence-electron chi connectivity index (χ4n) is 2.78. The van der Waals surface area contributed by atoms with Gasteiger partial charge in [0.15, 0.2) is 0 Å². The van der Waals surface area contributed by atoms with Crippen molar-refractivity contribution in [3.05, 3.63) is 33.6 Å². The number of rotatable bonds is 3. The van der Waals surface area contributed by atoms with Crippen LogP contribution >= 0.6 is 23.2 Å². The molecule has 0 atom stereocenters. The van der Waals surface area contributed by atoms with Crippen molar-refractivity contribution < 1.29 is 19.1 Å². The highest BCUT2D eigenvalue weighted by Crippen LogP contribution is 2.32. The summed E-state index contributed by atoms with van der Waals surface area (Å²) in [5.41, 5.74) is 0.314. The van der Waals surface area contributed by atoms with E-state index in [4.69, 9.17) is 32.7 Å². The molecular weight excluding hydrogens is 355 g/mol. The molecule has 2 aliphatic heterocycles. The van der Waals surface area contributed by atoms with Gasteiger partial charge in [0.2, 0.25) is 11.6 Å². The highest BCUT2D eigenvalue weighted by atomic mass is 35.5. The lowest BCUT2D eigenvalue weighted by Gasteiger charge is -2.32. The highest BCUT2D eigenvalue weighted by molar-refractivity contribution is 6.56. The van der Waals surface area contributed by atoms with Crippen molar-refractivity contribution in [1.82, 2.24) is 9.80 Å². The molecule has 0 bridgehead atoms. The van der Waals surface area contributed by atoms with Crippen LogP contribution in [0.1, 0.15) is 0 Å². The number of halogens is 2. The Morgan fingerprint density at radius 3 is 2.04 bits per heavy atom. The zero-order chi connectivity index (χ0) is 17.1. The molecule has 0 amide bonds. The van der Waals surface area contributed by atoms with Gasteiger partial charge in [-0.2, -0.15) is 0 Å². The van der Waals surface area contributed by atoms with Gasteiger partial charge in [0.05, 0.1) is 26.4 Å². The minimum atomic E-state index is -0.424. The number of carbonyl (C=O) groups excluding carboxylic acids is 2. The maximum absolute atomic E-state index is 12.6. The van der Waals surface area contributed by atoms with Crippen molar-refractivity contribution in [3.8, 4) is 0 Å². The Morgan fingerprint density at radius 2 is 1.42 bits per heavy atom. The third-order valence-corrected chi connectivity index (χ3v) is 4.85. The largest absolute Gasteiger partial charge is 0.378 e. The molecule has 24 heavy (non-hydrogen) atoms. The lowest BCUT2D eigenvalue weighted by molar-refractivity contribution is -0.117. The van der Waals surface area contributed by atoms with Crippen LogP contribution < -0.4 is 0 Å². The molecule has 0 aromatic rings. The SMILES string of the molecule is O=C1C(Cl)=C(N2CCOCC2)C(=O)C(Cl)=C1C=CN1CCOCC1. The summed E-state index contributed by atoms with van der Waals surface area (Å²) in [5.74, 6) is -0.836. The Morgan fingerprint density at radius 1 is 0.833 bits per heavy atom. The number of ketones is 2. The standard InChI is InChI=1S/C16H18Cl2N2O4/c17-12-11(1-2-19-3-7-23-8-4-19)15(21)13(18)14(16(12)22)20-5-9-24-10-6-20/h1-2H,3-10H2. The van der Waals surface area contributed by atoms with Crippen LogP contribution in [0.25, 0.3) is 0 Å². The second-order valence-corrected chi connectivity index (χ2v) is 6.37. The molecule has 130 valence electrons. The van der Waals surface area contributed by atoms with Crippen LogP contribution in [-0.4, -0.2) is 74.0 Å². The molecule has 2 fully saturated rings. The summed E-state index contributed by atoms with van der Waals surface area (Å²) in [5, 5.41) is -0.164. The molecule has 2 heterocycles. The number of carbonyl (C=O) groups is 2. The molecule has 0 radical (unpaired) electrons. The van der Waals surface area contributed by atoms with Crippen molar-refractivity contribution in [2.24, 2.45) is 0 Å². The lowest BCUT2D eigenvalue weighted by Crippen LogP contribution is -2.40. The first-order chi connectivity index (χ1) is 11.6. The fourth-order valence-corrected chi connectivity index (χ4v) is 3.32. The molecule has 0 spiro atoms. The summed E-state index contributed by atoms with van der Waals surface area (Å²) in [7, 11) is 0. The van der Waals surface area contributed by atoms with Crippen molar-refractivity contribution in [2.45, 2.75) is 0 Å². The van der Waals surface area contributed by atoms with Crippen LogP contribution in [0.3, 0.4) is 0 Å². The molecule has 0 N–H and O–H groups in total. The van der Waals surface area contributed by atoms with E-state index in [1.807, 2.05) is 4.90 Å². The van der Waals surface area contributed by atoms with Crippen LogP contribution in [0.4, 0.5) is 0 Å². The van der Waals surface area contributed by atoms with Crippen LogP contribution in [0.2, 0.25) is 0 Å². The van der Waals surface area contributed by atoms with Gasteiger partial charge in [0.1, 0.15) is 15.8 Å². The van der Waals surface area contributed by atoms with Crippen molar-refractivity contribution >= 4 is 34.8 Å². The van der Waals surface area contributed by atoms with E-state index < -0.39 is 11.6 Å². The second kappa shape index (κ2) is 7.70. The zero-order valence-corrected chi connectivity index (χ0v) is 14.6. The zero-order valence-electron chi connectivity index (χ0n) is 13.1. The number of morpholine rings is 2. The van der Waals surface area contributed by atoms with Gasteiger partial charge in [-0.05, 0) is 12.3 Å². The topological polar surface area (TPSA) is 59.1 Å². The number of hydrogen-bond acceptors (Lipinski definition) is 6. The lowest BCUT2D eigenvalue weighted by atomic mass is 9.99. The summed E-state index contributed by atoms with van der Waals surface area (Å²) in [6.07, 6.45) is 3.32. The van der Waals surface area contributed by atoms with E-state index in [1.54, 1.807) is 17.2 Å². The molecule has 1 aliphatic carbocycles. The Bertz CT molecular complexity index is 630. The molecule has 0 saturated carbocycles. The molecule has 3 rings (SSSR count). The smallest absolute Gasteiger partial charge is 0.222 e.